The molecular formula is C18H22ClNO. The normalized spacial score (nSPS) is 13.9. The molecule has 3 N–H and O–H groups in total. The van der Waals surface area contributed by atoms with Gasteiger partial charge in [-0.2, -0.15) is 0 Å². The lowest BCUT2D eigenvalue weighted by molar-refractivity contribution is 0.136. The second-order valence-electron chi connectivity index (χ2n) is 5.49. The van der Waals surface area contributed by atoms with Gasteiger partial charge in [0.15, 0.2) is 0 Å². The quantitative estimate of drug-likeness (QED) is 0.855. The molecule has 2 aromatic carbocycles. The minimum atomic E-state index is -0.448. The average molecular weight is 304 g/mol. The van der Waals surface area contributed by atoms with E-state index >= 15 is 0 Å². The zero-order valence-corrected chi connectivity index (χ0v) is 13.1. The summed E-state index contributed by atoms with van der Waals surface area (Å²) in [4.78, 5) is 0. The van der Waals surface area contributed by atoms with E-state index in [1.54, 1.807) is 0 Å². The van der Waals surface area contributed by atoms with E-state index < -0.39 is 6.10 Å². The van der Waals surface area contributed by atoms with Crippen LogP contribution in [-0.2, 0) is 6.42 Å². The van der Waals surface area contributed by atoms with Gasteiger partial charge in [0.2, 0.25) is 0 Å². The Kier molecular flexibility index (Phi) is 5.80. The van der Waals surface area contributed by atoms with Gasteiger partial charge in [-0.25, -0.2) is 0 Å². The van der Waals surface area contributed by atoms with Crippen molar-refractivity contribution in [3.63, 3.8) is 0 Å². The molecule has 3 heteroatoms. The smallest absolute Gasteiger partial charge is 0.0624 e. The van der Waals surface area contributed by atoms with E-state index in [0.717, 1.165) is 12.0 Å². The Hall–Kier alpha value is -1.35. The highest BCUT2D eigenvalue weighted by Gasteiger charge is 2.19. The van der Waals surface area contributed by atoms with Gasteiger partial charge in [0.25, 0.3) is 0 Å². The van der Waals surface area contributed by atoms with Crippen LogP contribution < -0.4 is 5.73 Å². The SMILES string of the molecule is Cc1cccc(CCC(O)C(CN)c2ccc(Cl)cc2)c1. The number of rotatable bonds is 6. The number of halogens is 1. The lowest BCUT2D eigenvalue weighted by atomic mass is 9.90. The summed E-state index contributed by atoms with van der Waals surface area (Å²) in [6.45, 7) is 2.51. The molecule has 0 saturated heterocycles. The minimum absolute atomic E-state index is 0.0490. The molecule has 0 radical (unpaired) electrons. The van der Waals surface area contributed by atoms with Crippen LogP contribution in [0.5, 0.6) is 0 Å². The van der Waals surface area contributed by atoms with Gasteiger partial charge in [0.1, 0.15) is 0 Å². The third-order valence-electron chi connectivity index (χ3n) is 3.83. The molecule has 0 aromatic heterocycles. The number of hydrogen-bond donors (Lipinski definition) is 2. The summed E-state index contributed by atoms with van der Waals surface area (Å²) < 4.78 is 0. The minimum Gasteiger partial charge on any atom is -0.392 e. The molecule has 0 saturated carbocycles. The van der Waals surface area contributed by atoms with Crippen LogP contribution in [0.15, 0.2) is 48.5 Å². The number of hydrogen-bond acceptors (Lipinski definition) is 2. The van der Waals surface area contributed by atoms with Crippen molar-refractivity contribution < 1.29 is 5.11 Å². The predicted octanol–water partition coefficient (Wildman–Crippen LogP) is 3.68. The van der Waals surface area contributed by atoms with Crippen molar-refractivity contribution >= 4 is 11.6 Å². The fourth-order valence-corrected chi connectivity index (χ4v) is 2.73. The van der Waals surface area contributed by atoms with Crippen molar-refractivity contribution in [3.8, 4) is 0 Å². The lowest BCUT2D eigenvalue weighted by Crippen LogP contribution is -2.26. The van der Waals surface area contributed by atoms with Gasteiger partial charge >= 0.3 is 0 Å². The Labute approximate surface area is 131 Å². The van der Waals surface area contributed by atoms with E-state index in [9.17, 15) is 5.11 Å². The van der Waals surface area contributed by atoms with Crippen LogP contribution in [-0.4, -0.2) is 17.8 Å². The van der Waals surface area contributed by atoms with Crippen LogP contribution in [0.25, 0.3) is 0 Å². The maximum Gasteiger partial charge on any atom is 0.0624 e. The Morgan fingerprint density at radius 3 is 2.48 bits per heavy atom. The molecule has 112 valence electrons. The molecule has 2 aromatic rings. The molecule has 2 unspecified atom stereocenters. The largest absolute Gasteiger partial charge is 0.392 e. The van der Waals surface area contributed by atoms with Crippen molar-refractivity contribution in [3.05, 3.63) is 70.2 Å². The highest BCUT2D eigenvalue weighted by Crippen LogP contribution is 2.23. The summed E-state index contributed by atoms with van der Waals surface area (Å²) in [5.74, 6) is -0.0490. The van der Waals surface area contributed by atoms with Gasteiger partial charge in [0, 0.05) is 17.5 Å². The number of aliphatic hydroxyl groups is 1. The Morgan fingerprint density at radius 1 is 1.14 bits per heavy atom. The van der Waals surface area contributed by atoms with Gasteiger partial charge in [0.05, 0.1) is 6.10 Å². The second-order valence-corrected chi connectivity index (χ2v) is 5.93. The van der Waals surface area contributed by atoms with E-state index in [0.29, 0.717) is 18.0 Å². The fourth-order valence-electron chi connectivity index (χ4n) is 2.61. The van der Waals surface area contributed by atoms with E-state index in [1.165, 1.54) is 11.1 Å². The number of benzene rings is 2. The predicted molar refractivity (Wildman–Crippen MR) is 88.8 cm³/mol. The first-order valence-electron chi connectivity index (χ1n) is 7.29. The number of nitrogens with two attached hydrogens (primary N) is 1. The molecule has 0 aliphatic heterocycles. The maximum atomic E-state index is 10.4. The molecule has 0 amide bonds. The zero-order valence-electron chi connectivity index (χ0n) is 12.3. The monoisotopic (exact) mass is 303 g/mol. The van der Waals surface area contributed by atoms with Gasteiger partial charge in [-0.1, -0.05) is 53.6 Å². The molecular weight excluding hydrogens is 282 g/mol. The van der Waals surface area contributed by atoms with Crippen LogP contribution in [0.4, 0.5) is 0 Å². The average Bonchev–Trinajstić information content (AvgIpc) is 2.48. The zero-order chi connectivity index (χ0) is 15.2. The fraction of sp³-hybridized carbons (Fsp3) is 0.333. The second kappa shape index (κ2) is 7.60. The Bertz CT molecular complexity index is 568. The van der Waals surface area contributed by atoms with Gasteiger partial charge in [-0.15, -0.1) is 0 Å². The molecule has 2 rings (SSSR count). The van der Waals surface area contributed by atoms with Crippen LogP contribution in [0, 0.1) is 6.92 Å². The van der Waals surface area contributed by atoms with Crippen molar-refractivity contribution in [2.75, 3.05) is 6.54 Å². The molecule has 0 aliphatic rings. The Morgan fingerprint density at radius 2 is 1.86 bits per heavy atom. The van der Waals surface area contributed by atoms with E-state index in [2.05, 4.69) is 31.2 Å². The summed E-state index contributed by atoms with van der Waals surface area (Å²) in [5.41, 5.74) is 9.38. The first kappa shape index (κ1) is 16.0. The van der Waals surface area contributed by atoms with Crippen LogP contribution in [0.3, 0.4) is 0 Å². The van der Waals surface area contributed by atoms with Gasteiger partial charge < -0.3 is 10.8 Å². The summed E-state index contributed by atoms with van der Waals surface area (Å²) in [5, 5.41) is 11.1. The standard InChI is InChI=1S/C18H22ClNO/c1-13-3-2-4-14(11-13)5-10-18(21)17(12-20)15-6-8-16(19)9-7-15/h2-4,6-9,11,17-18,21H,5,10,12,20H2,1H3. The van der Waals surface area contributed by atoms with Crippen molar-refractivity contribution in [1.82, 2.24) is 0 Å². The molecule has 0 bridgehead atoms. The lowest BCUT2D eigenvalue weighted by Gasteiger charge is -2.22. The van der Waals surface area contributed by atoms with Crippen LogP contribution >= 0.6 is 11.6 Å². The molecule has 2 nitrogen and oxygen atoms in total. The number of aryl methyl sites for hydroxylation is 2. The first-order valence-corrected chi connectivity index (χ1v) is 7.67. The molecule has 0 aliphatic carbocycles. The Balaban J connectivity index is 2.00. The van der Waals surface area contributed by atoms with Crippen molar-refractivity contribution in [2.24, 2.45) is 5.73 Å². The summed E-state index contributed by atoms with van der Waals surface area (Å²) in [6, 6.07) is 15.9. The van der Waals surface area contributed by atoms with Crippen LogP contribution in [0.2, 0.25) is 5.02 Å². The summed E-state index contributed by atoms with van der Waals surface area (Å²) >= 11 is 5.90. The van der Waals surface area contributed by atoms with E-state index in [1.807, 2.05) is 24.3 Å². The highest BCUT2D eigenvalue weighted by atomic mass is 35.5. The highest BCUT2D eigenvalue weighted by molar-refractivity contribution is 6.30. The molecule has 0 spiro atoms. The topological polar surface area (TPSA) is 46.2 Å². The maximum absolute atomic E-state index is 10.4. The first-order chi connectivity index (χ1) is 10.1. The van der Waals surface area contributed by atoms with Crippen molar-refractivity contribution in [2.45, 2.75) is 31.8 Å². The van der Waals surface area contributed by atoms with E-state index in [4.69, 9.17) is 17.3 Å². The molecule has 21 heavy (non-hydrogen) atoms. The van der Waals surface area contributed by atoms with Gasteiger partial charge in [-0.05, 0) is 43.0 Å². The molecule has 0 fully saturated rings. The van der Waals surface area contributed by atoms with Crippen LogP contribution in [0.1, 0.15) is 29.0 Å². The number of aliphatic hydroxyl groups excluding tert-OH is 1. The van der Waals surface area contributed by atoms with E-state index in [-0.39, 0.29) is 5.92 Å². The molecule has 0 heterocycles. The molecule has 2 atom stereocenters. The summed E-state index contributed by atoms with van der Waals surface area (Å²) in [6.07, 6.45) is 1.11. The summed E-state index contributed by atoms with van der Waals surface area (Å²) in [7, 11) is 0. The third-order valence-corrected chi connectivity index (χ3v) is 4.08. The van der Waals surface area contributed by atoms with Crippen molar-refractivity contribution in [1.29, 1.82) is 0 Å². The van der Waals surface area contributed by atoms with Gasteiger partial charge in [-0.3, -0.25) is 0 Å². The third kappa shape index (κ3) is 4.57.